The van der Waals surface area contributed by atoms with E-state index in [-0.39, 0.29) is 11.8 Å². The lowest BCUT2D eigenvalue weighted by Crippen LogP contribution is -2.27. The normalized spacial score (nSPS) is 19.0. The molecule has 0 spiro atoms. The van der Waals surface area contributed by atoms with Crippen molar-refractivity contribution in [1.29, 1.82) is 0 Å². The van der Waals surface area contributed by atoms with Crippen LogP contribution in [0.1, 0.15) is 12.0 Å². The van der Waals surface area contributed by atoms with Crippen molar-refractivity contribution < 1.29 is 9.21 Å². The topological polar surface area (TPSA) is 33.5 Å². The van der Waals surface area contributed by atoms with Crippen molar-refractivity contribution in [3.63, 3.8) is 0 Å². The van der Waals surface area contributed by atoms with Crippen molar-refractivity contribution in [3.8, 4) is 12.3 Å². The SMILES string of the molecule is C#CC1CC(=O)N(CCc2ccc3occc3c2)C1. The average molecular weight is 253 g/mol. The number of furan rings is 1. The Balaban J connectivity index is 1.66. The number of benzene rings is 1. The van der Waals surface area contributed by atoms with Crippen LogP contribution in [0.15, 0.2) is 34.9 Å². The van der Waals surface area contributed by atoms with E-state index in [1.54, 1.807) is 6.26 Å². The smallest absolute Gasteiger partial charge is 0.223 e. The van der Waals surface area contributed by atoms with Crippen LogP contribution in [0, 0.1) is 18.3 Å². The Morgan fingerprint density at radius 3 is 3.11 bits per heavy atom. The molecule has 1 atom stereocenters. The predicted molar refractivity (Wildman–Crippen MR) is 73.4 cm³/mol. The van der Waals surface area contributed by atoms with Gasteiger partial charge in [-0.15, -0.1) is 12.3 Å². The number of amides is 1. The summed E-state index contributed by atoms with van der Waals surface area (Å²) in [5.41, 5.74) is 2.11. The first kappa shape index (κ1) is 11.9. The van der Waals surface area contributed by atoms with Crippen LogP contribution in [0.5, 0.6) is 0 Å². The third kappa shape index (κ3) is 2.34. The largest absolute Gasteiger partial charge is 0.464 e. The Labute approximate surface area is 112 Å². The maximum Gasteiger partial charge on any atom is 0.223 e. The van der Waals surface area contributed by atoms with Gasteiger partial charge < -0.3 is 9.32 Å². The highest BCUT2D eigenvalue weighted by Crippen LogP contribution is 2.20. The highest BCUT2D eigenvalue weighted by Gasteiger charge is 2.27. The molecule has 3 nitrogen and oxygen atoms in total. The van der Waals surface area contributed by atoms with E-state index in [0.29, 0.717) is 13.0 Å². The minimum absolute atomic E-state index is 0.0869. The van der Waals surface area contributed by atoms with Gasteiger partial charge in [0.05, 0.1) is 6.26 Å². The van der Waals surface area contributed by atoms with Crippen LogP contribution in [0.25, 0.3) is 11.0 Å². The monoisotopic (exact) mass is 253 g/mol. The van der Waals surface area contributed by atoms with Gasteiger partial charge in [-0.25, -0.2) is 0 Å². The van der Waals surface area contributed by atoms with E-state index in [4.69, 9.17) is 10.8 Å². The zero-order valence-electron chi connectivity index (χ0n) is 10.6. The lowest BCUT2D eigenvalue weighted by Gasteiger charge is -2.15. The highest BCUT2D eigenvalue weighted by molar-refractivity contribution is 5.79. The molecule has 1 aromatic carbocycles. The van der Waals surface area contributed by atoms with Crippen molar-refractivity contribution in [3.05, 3.63) is 36.1 Å². The molecule has 0 bridgehead atoms. The molecule has 1 aliphatic heterocycles. The van der Waals surface area contributed by atoms with Crippen LogP contribution < -0.4 is 0 Å². The van der Waals surface area contributed by atoms with Crippen molar-refractivity contribution in [1.82, 2.24) is 4.90 Å². The molecule has 2 heterocycles. The summed E-state index contributed by atoms with van der Waals surface area (Å²) in [5, 5.41) is 1.10. The van der Waals surface area contributed by atoms with E-state index in [1.807, 2.05) is 23.1 Å². The van der Waals surface area contributed by atoms with Crippen molar-refractivity contribution >= 4 is 16.9 Å². The van der Waals surface area contributed by atoms with Crippen LogP contribution in [-0.2, 0) is 11.2 Å². The Morgan fingerprint density at radius 1 is 1.42 bits per heavy atom. The van der Waals surface area contributed by atoms with Crippen molar-refractivity contribution in [2.24, 2.45) is 5.92 Å². The Bertz CT molecular complexity index is 650. The van der Waals surface area contributed by atoms with E-state index in [2.05, 4.69) is 12.0 Å². The minimum atomic E-state index is 0.0869. The van der Waals surface area contributed by atoms with E-state index in [9.17, 15) is 4.79 Å². The number of hydrogen-bond donors (Lipinski definition) is 0. The van der Waals surface area contributed by atoms with Gasteiger partial charge in [0, 0.05) is 30.8 Å². The molecular formula is C16H15NO2. The molecule has 1 aromatic heterocycles. The number of carbonyl (C=O) groups is 1. The summed E-state index contributed by atoms with van der Waals surface area (Å²) >= 11 is 0. The van der Waals surface area contributed by atoms with E-state index < -0.39 is 0 Å². The molecule has 2 aromatic rings. The second kappa shape index (κ2) is 4.81. The molecule has 0 N–H and O–H groups in total. The lowest BCUT2D eigenvalue weighted by atomic mass is 10.1. The van der Waals surface area contributed by atoms with E-state index >= 15 is 0 Å². The maximum atomic E-state index is 11.8. The second-order valence-electron chi connectivity index (χ2n) is 4.95. The zero-order valence-corrected chi connectivity index (χ0v) is 10.6. The van der Waals surface area contributed by atoms with Crippen LogP contribution in [-0.4, -0.2) is 23.9 Å². The van der Waals surface area contributed by atoms with Crippen LogP contribution >= 0.6 is 0 Å². The standard InChI is InChI=1S/C16H15NO2/c1-2-12-10-16(18)17(11-12)7-5-13-3-4-15-14(9-13)6-8-19-15/h1,3-4,6,8-9,12H,5,7,10-11H2. The summed E-state index contributed by atoms with van der Waals surface area (Å²) in [7, 11) is 0. The van der Waals surface area contributed by atoms with Gasteiger partial charge in [0.1, 0.15) is 5.58 Å². The van der Waals surface area contributed by atoms with Gasteiger partial charge in [0.25, 0.3) is 0 Å². The number of terminal acetylenes is 1. The maximum absolute atomic E-state index is 11.8. The summed E-state index contributed by atoms with van der Waals surface area (Å²) < 4.78 is 5.31. The predicted octanol–water partition coefficient (Wildman–Crippen LogP) is 2.46. The van der Waals surface area contributed by atoms with Crippen LogP contribution in [0.3, 0.4) is 0 Å². The fourth-order valence-corrected chi connectivity index (χ4v) is 2.54. The van der Waals surface area contributed by atoms with E-state index in [1.165, 1.54) is 5.56 Å². The summed E-state index contributed by atoms with van der Waals surface area (Å²) in [6, 6.07) is 8.08. The molecule has 0 saturated carbocycles. The van der Waals surface area contributed by atoms with Crippen LogP contribution in [0.4, 0.5) is 0 Å². The number of likely N-dealkylation sites (tertiary alicyclic amines) is 1. The molecule has 1 saturated heterocycles. The minimum Gasteiger partial charge on any atom is -0.464 e. The second-order valence-corrected chi connectivity index (χ2v) is 4.95. The van der Waals surface area contributed by atoms with Gasteiger partial charge in [-0.2, -0.15) is 0 Å². The van der Waals surface area contributed by atoms with Gasteiger partial charge in [-0.1, -0.05) is 6.07 Å². The summed E-state index contributed by atoms with van der Waals surface area (Å²) in [6.07, 6.45) is 8.42. The first-order chi connectivity index (χ1) is 9.26. The molecule has 96 valence electrons. The molecule has 1 amide bonds. The number of rotatable bonds is 3. The molecule has 0 aliphatic carbocycles. The van der Waals surface area contributed by atoms with Gasteiger partial charge >= 0.3 is 0 Å². The summed E-state index contributed by atoms with van der Waals surface area (Å²) in [5.74, 6) is 2.93. The van der Waals surface area contributed by atoms with Crippen molar-refractivity contribution in [2.75, 3.05) is 13.1 Å². The average Bonchev–Trinajstić information content (AvgIpc) is 3.02. The molecule has 3 rings (SSSR count). The van der Waals surface area contributed by atoms with Gasteiger partial charge in [-0.3, -0.25) is 4.79 Å². The van der Waals surface area contributed by atoms with Gasteiger partial charge in [0.15, 0.2) is 0 Å². The molecule has 1 aliphatic rings. The molecule has 1 fully saturated rings. The van der Waals surface area contributed by atoms with E-state index in [0.717, 1.165) is 23.9 Å². The molecule has 0 radical (unpaired) electrons. The molecule has 19 heavy (non-hydrogen) atoms. The number of carbonyl (C=O) groups excluding carboxylic acids is 1. The number of fused-ring (bicyclic) bond motifs is 1. The number of hydrogen-bond acceptors (Lipinski definition) is 2. The molecule has 1 unspecified atom stereocenters. The molecular weight excluding hydrogens is 238 g/mol. The third-order valence-corrected chi connectivity index (χ3v) is 3.64. The number of nitrogens with zero attached hydrogens (tertiary/aromatic N) is 1. The fourth-order valence-electron chi connectivity index (χ4n) is 2.54. The first-order valence-electron chi connectivity index (χ1n) is 6.46. The summed E-state index contributed by atoms with van der Waals surface area (Å²) in [6.45, 7) is 1.43. The Kier molecular flexibility index (Phi) is 3.00. The third-order valence-electron chi connectivity index (χ3n) is 3.64. The fraction of sp³-hybridized carbons (Fsp3) is 0.312. The van der Waals surface area contributed by atoms with Crippen LogP contribution in [0.2, 0.25) is 0 Å². The van der Waals surface area contributed by atoms with Gasteiger partial charge in [-0.05, 0) is 30.2 Å². The zero-order chi connectivity index (χ0) is 13.2. The molecule has 3 heteroatoms. The Morgan fingerprint density at radius 2 is 2.32 bits per heavy atom. The quantitative estimate of drug-likeness (QED) is 0.787. The first-order valence-corrected chi connectivity index (χ1v) is 6.46. The van der Waals surface area contributed by atoms with Crippen molar-refractivity contribution in [2.45, 2.75) is 12.8 Å². The summed E-state index contributed by atoms with van der Waals surface area (Å²) in [4.78, 5) is 13.6. The highest BCUT2D eigenvalue weighted by atomic mass is 16.3. The Hall–Kier alpha value is -2.21. The lowest BCUT2D eigenvalue weighted by molar-refractivity contribution is -0.127. The van der Waals surface area contributed by atoms with Gasteiger partial charge in [0.2, 0.25) is 5.91 Å².